The molecular formula is C14H24N4O2. The maximum atomic E-state index is 9.83. The van der Waals surface area contributed by atoms with E-state index < -0.39 is 6.10 Å². The van der Waals surface area contributed by atoms with E-state index in [0.717, 1.165) is 45.4 Å². The highest BCUT2D eigenvalue weighted by atomic mass is 16.5. The number of hydrogen-bond donors (Lipinski definition) is 2. The summed E-state index contributed by atoms with van der Waals surface area (Å²) < 4.78 is 8.01. The third-order valence-corrected chi connectivity index (χ3v) is 4.61. The molecule has 0 aliphatic carbocycles. The zero-order valence-electron chi connectivity index (χ0n) is 12.1. The van der Waals surface area contributed by atoms with E-state index in [1.807, 2.05) is 17.8 Å². The Labute approximate surface area is 119 Å². The third kappa shape index (κ3) is 2.73. The van der Waals surface area contributed by atoms with Crippen molar-refractivity contribution in [2.24, 2.45) is 0 Å². The first-order valence-corrected chi connectivity index (χ1v) is 7.67. The third-order valence-electron chi connectivity index (χ3n) is 4.61. The number of rotatable bonds is 3. The molecule has 0 radical (unpaired) electrons. The van der Waals surface area contributed by atoms with Crippen LogP contribution in [0.1, 0.15) is 56.9 Å². The van der Waals surface area contributed by atoms with Crippen molar-refractivity contribution >= 4 is 0 Å². The van der Waals surface area contributed by atoms with Gasteiger partial charge in [-0.05, 0) is 45.2 Å². The molecule has 1 aromatic heterocycles. The van der Waals surface area contributed by atoms with Gasteiger partial charge in [-0.2, -0.15) is 0 Å². The molecule has 2 atom stereocenters. The predicted octanol–water partition coefficient (Wildman–Crippen LogP) is 1.20. The van der Waals surface area contributed by atoms with Gasteiger partial charge in [0.25, 0.3) is 0 Å². The monoisotopic (exact) mass is 280 g/mol. The average Bonchev–Trinajstić information content (AvgIpc) is 2.97. The van der Waals surface area contributed by atoms with Crippen LogP contribution in [-0.4, -0.2) is 45.4 Å². The molecule has 6 heteroatoms. The van der Waals surface area contributed by atoms with Crippen molar-refractivity contribution in [2.45, 2.75) is 56.8 Å². The Morgan fingerprint density at radius 2 is 2.35 bits per heavy atom. The maximum Gasteiger partial charge on any atom is 0.111 e. The van der Waals surface area contributed by atoms with Crippen LogP contribution in [0.25, 0.3) is 0 Å². The summed E-state index contributed by atoms with van der Waals surface area (Å²) in [5.41, 5.74) is 0.697. The number of hydrogen-bond acceptors (Lipinski definition) is 5. The zero-order valence-corrected chi connectivity index (χ0v) is 12.1. The first kappa shape index (κ1) is 14.0. The van der Waals surface area contributed by atoms with Crippen molar-refractivity contribution in [1.29, 1.82) is 0 Å². The summed E-state index contributed by atoms with van der Waals surface area (Å²) >= 11 is 0. The molecule has 1 spiro atoms. The Morgan fingerprint density at radius 3 is 3.10 bits per heavy atom. The fourth-order valence-corrected chi connectivity index (χ4v) is 3.29. The molecule has 3 heterocycles. The fraction of sp³-hybridized carbons (Fsp3) is 0.857. The molecule has 2 fully saturated rings. The number of piperidine rings is 1. The Balaban J connectivity index is 1.71. The number of aliphatic hydroxyl groups is 1. The molecule has 20 heavy (non-hydrogen) atoms. The Bertz CT molecular complexity index is 437. The predicted molar refractivity (Wildman–Crippen MR) is 74.3 cm³/mol. The van der Waals surface area contributed by atoms with E-state index in [-0.39, 0.29) is 5.60 Å². The van der Waals surface area contributed by atoms with Gasteiger partial charge >= 0.3 is 0 Å². The standard InChI is InChI=1S/C14H24N4O2/c1-2-13(19)12-10-18(17-16-12)11-3-8-20-14(9-11)4-6-15-7-5-14/h10-11,13,15,19H,2-9H2,1H3. The molecule has 2 N–H and O–H groups in total. The Kier molecular flexibility index (Phi) is 4.05. The van der Waals surface area contributed by atoms with E-state index in [1.165, 1.54) is 0 Å². The van der Waals surface area contributed by atoms with Crippen molar-refractivity contribution in [1.82, 2.24) is 20.3 Å². The van der Waals surface area contributed by atoms with Gasteiger partial charge in [-0.3, -0.25) is 0 Å². The fourth-order valence-electron chi connectivity index (χ4n) is 3.29. The van der Waals surface area contributed by atoms with Crippen LogP contribution in [0.2, 0.25) is 0 Å². The molecule has 0 aromatic carbocycles. The van der Waals surface area contributed by atoms with E-state index in [2.05, 4.69) is 15.6 Å². The SMILES string of the molecule is CCC(O)c1cn(C2CCOC3(CCNCC3)C2)nn1. The van der Waals surface area contributed by atoms with Crippen LogP contribution >= 0.6 is 0 Å². The lowest BCUT2D eigenvalue weighted by Crippen LogP contribution is -2.48. The lowest BCUT2D eigenvalue weighted by Gasteiger charge is -2.43. The molecule has 2 aliphatic rings. The van der Waals surface area contributed by atoms with Crippen LogP contribution in [0.5, 0.6) is 0 Å². The van der Waals surface area contributed by atoms with Crippen molar-refractivity contribution in [3.63, 3.8) is 0 Å². The summed E-state index contributed by atoms with van der Waals surface area (Å²) in [5.74, 6) is 0. The highest BCUT2D eigenvalue weighted by Crippen LogP contribution is 2.38. The van der Waals surface area contributed by atoms with Gasteiger partial charge in [0.05, 0.1) is 23.9 Å². The Hall–Kier alpha value is -0.980. The van der Waals surface area contributed by atoms with Crippen molar-refractivity contribution in [3.05, 3.63) is 11.9 Å². The molecule has 3 rings (SSSR count). The van der Waals surface area contributed by atoms with Crippen LogP contribution in [0, 0.1) is 0 Å². The van der Waals surface area contributed by atoms with Crippen LogP contribution in [-0.2, 0) is 4.74 Å². The van der Waals surface area contributed by atoms with E-state index in [9.17, 15) is 5.11 Å². The summed E-state index contributed by atoms with van der Waals surface area (Å²) in [4.78, 5) is 0. The van der Waals surface area contributed by atoms with Gasteiger partial charge in [-0.25, -0.2) is 4.68 Å². The van der Waals surface area contributed by atoms with Gasteiger partial charge in [0.1, 0.15) is 5.69 Å². The molecule has 2 unspecified atom stereocenters. The van der Waals surface area contributed by atoms with E-state index in [1.54, 1.807) is 0 Å². The highest BCUT2D eigenvalue weighted by molar-refractivity contribution is 4.99. The van der Waals surface area contributed by atoms with E-state index in [4.69, 9.17) is 4.74 Å². The molecule has 112 valence electrons. The number of aromatic nitrogens is 3. The summed E-state index contributed by atoms with van der Waals surface area (Å²) in [6.07, 6.45) is 6.18. The summed E-state index contributed by atoms with van der Waals surface area (Å²) in [6, 6.07) is 0.340. The molecule has 0 saturated carbocycles. The lowest BCUT2D eigenvalue weighted by molar-refractivity contribution is -0.112. The minimum atomic E-state index is -0.503. The van der Waals surface area contributed by atoms with Crippen molar-refractivity contribution in [2.75, 3.05) is 19.7 Å². The second-order valence-electron chi connectivity index (χ2n) is 5.98. The molecule has 0 bridgehead atoms. The number of aliphatic hydroxyl groups excluding tert-OH is 1. The van der Waals surface area contributed by atoms with Crippen LogP contribution < -0.4 is 5.32 Å². The summed E-state index contributed by atoms with van der Waals surface area (Å²) in [7, 11) is 0. The van der Waals surface area contributed by atoms with Gasteiger partial charge in [0, 0.05) is 6.61 Å². The van der Waals surface area contributed by atoms with Gasteiger partial charge < -0.3 is 15.2 Å². The number of nitrogens with zero attached hydrogens (tertiary/aromatic N) is 3. The van der Waals surface area contributed by atoms with Gasteiger partial charge in [-0.15, -0.1) is 5.10 Å². The number of ether oxygens (including phenoxy) is 1. The topological polar surface area (TPSA) is 72.2 Å². The average molecular weight is 280 g/mol. The Morgan fingerprint density at radius 1 is 1.55 bits per heavy atom. The zero-order chi connectivity index (χ0) is 14.0. The molecule has 1 aromatic rings. The van der Waals surface area contributed by atoms with E-state index >= 15 is 0 Å². The number of nitrogens with one attached hydrogen (secondary N) is 1. The van der Waals surface area contributed by atoms with Crippen molar-refractivity contribution in [3.8, 4) is 0 Å². The van der Waals surface area contributed by atoms with Crippen molar-refractivity contribution < 1.29 is 9.84 Å². The summed E-state index contributed by atoms with van der Waals surface area (Å²) in [6.45, 7) is 4.80. The molecule has 6 nitrogen and oxygen atoms in total. The summed E-state index contributed by atoms with van der Waals surface area (Å²) in [5, 5.41) is 21.6. The first-order chi connectivity index (χ1) is 9.72. The van der Waals surface area contributed by atoms with E-state index in [0.29, 0.717) is 18.2 Å². The van der Waals surface area contributed by atoms with Crippen LogP contribution in [0.15, 0.2) is 6.20 Å². The molecule has 2 aliphatic heterocycles. The normalized spacial score (nSPS) is 27.6. The van der Waals surface area contributed by atoms with Gasteiger partial charge in [0.15, 0.2) is 0 Å². The van der Waals surface area contributed by atoms with Gasteiger partial charge in [-0.1, -0.05) is 12.1 Å². The lowest BCUT2D eigenvalue weighted by atomic mass is 9.83. The minimum Gasteiger partial charge on any atom is -0.387 e. The van der Waals surface area contributed by atoms with Crippen LogP contribution in [0.3, 0.4) is 0 Å². The molecule has 0 amide bonds. The largest absolute Gasteiger partial charge is 0.387 e. The quantitative estimate of drug-likeness (QED) is 0.870. The smallest absolute Gasteiger partial charge is 0.111 e. The van der Waals surface area contributed by atoms with Crippen LogP contribution in [0.4, 0.5) is 0 Å². The first-order valence-electron chi connectivity index (χ1n) is 7.67. The molecular weight excluding hydrogens is 256 g/mol. The minimum absolute atomic E-state index is 0.0175. The maximum absolute atomic E-state index is 9.83. The second-order valence-corrected chi connectivity index (χ2v) is 5.98. The molecule has 2 saturated heterocycles. The highest BCUT2D eigenvalue weighted by Gasteiger charge is 2.39. The second kappa shape index (κ2) is 5.79. The van der Waals surface area contributed by atoms with Gasteiger partial charge in [0.2, 0.25) is 0 Å².